The lowest BCUT2D eigenvalue weighted by Gasteiger charge is -2.43. The van der Waals surface area contributed by atoms with E-state index in [1.54, 1.807) is 0 Å². The van der Waals surface area contributed by atoms with Gasteiger partial charge in [0.05, 0.1) is 17.6 Å². The number of amides is 1. The van der Waals surface area contributed by atoms with Crippen molar-refractivity contribution in [3.05, 3.63) is 34.9 Å². The predicted molar refractivity (Wildman–Crippen MR) is 91.7 cm³/mol. The number of carbonyl (C=O) groups excluding carboxylic acids is 1. The number of carbonyl (C=O) groups is 1. The van der Waals surface area contributed by atoms with Gasteiger partial charge in [0.25, 0.3) is 0 Å². The molecular weight excluding hydrogens is 312 g/mol. The number of β-amino-alcohol motifs (C(OH)–C–C–N with tert-alkyl or cyclic N) is 1. The summed E-state index contributed by atoms with van der Waals surface area (Å²) in [7, 11) is 3.90. The van der Waals surface area contributed by atoms with E-state index < -0.39 is 11.0 Å². The Balaban J connectivity index is 1.78. The second-order valence-corrected chi connectivity index (χ2v) is 7.82. The van der Waals surface area contributed by atoms with Crippen molar-refractivity contribution in [3.63, 3.8) is 0 Å². The molecule has 1 aromatic carbocycles. The summed E-state index contributed by atoms with van der Waals surface area (Å²) in [6, 6.07) is 7.66. The molecule has 4 nitrogen and oxygen atoms in total. The zero-order valence-corrected chi connectivity index (χ0v) is 14.6. The van der Waals surface area contributed by atoms with Crippen molar-refractivity contribution >= 4 is 17.5 Å². The van der Waals surface area contributed by atoms with Gasteiger partial charge in [0.1, 0.15) is 0 Å². The molecule has 0 aromatic heterocycles. The summed E-state index contributed by atoms with van der Waals surface area (Å²) in [5, 5.41) is 11.4. The molecule has 0 bridgehead atoms. The summed E-state index contributed by atoms with van der Waals surface area (Å²) in [6.45, 7) is 1.66. The molecule has 1 atom stereocenters. The summed E-state index contributed by atoms with van der Waals surface area (Å²) in [5.74, 6) is 0.167. The minimum atomic E-state index is -0.788. The molecule has 5 heteroatoms. The van der Waals surface area contributed by atoms with E-state index in [2.05, 4.69) is 0 Å². The molecule has 2 aliphatic rings. The number of hydrogen-bond donors (Lipinski definition) is 1. The van der Waals surface area contributed by atoms with E-state index in [1.165, 1.54) is 0 Å². The first kappa shape index (κ1) is 16.7. The van der Waals surface area contributed by atoms with Gasteiger partial charge in [-0.25, -0.2) is 0 Å². The van der Waals surface area contributed by atoms with Crippen LogP contribution in [-0.2, 0) is 10.2 Å². The van der Waals surface area contributed by atoms with Gasteiger partial charge in [-0.15, -0.1) is 0 Å². The molecule has 1 saturated carbocycles. The Morgan fingerprint density at radius 1 is 1.26 bits per heavy atom. The number of nitrogens with zero attached hydrogens (tertiary/aromatic N) is 2. The van der Waals surface area contributed by atoms with Crippen molar-refractivity contribution < 1.29 is 9.90 Å². The number of likely N-dealkylation sites (tertiary alicyclic amines) is 1. The maximum atomic E-state index is 13.2. The van der Waals surface area contributed by atoms with Gasteiger partial charge in [-0.2, -0.15) is 0 Å². The SMILES string of the molecule is CN(C)C[C@]1(O)CCN(C(=O)C2(c3ccc(Cl)cc3)CCC2)C1. The molecule has 3 rings (SSSR count). The fourth-order valence-electron chi connectivity index (χ4n) is 3.98. The quantitative estimate of drug-likeness (QED) is 0.917. The van der Waals surface area contributed by atoms with Gasteiger partial charge >= 0.3 is 0 Å². The van der Waals surface area contributed by atoms with E-state index in [0.29, 0.717) is 31.1 Å². The van der Waals surface area contributed by atoms with Crippen LogP contribution in [0.4, 0.5) is 0 Å². The van der Waals surface area contributed by atoms with Crippen LogP contribution >= 0.6 is 11.6 Å². The normalized spacial score (nSPS) is 26.4. The molecule has 1 aliphatic carbocycles. The van der Waals surface area contributed by atoms with Gasteiger partial charge in [0.2, 0.25) is 5.91 Å². The second kappa shape index (κ2) is 6.08. The van der Waals surface area contributed by atoms with Crippen molar-refractivity contribution in [1.29, 1.82) is 0 Å². The van der Waals surface area contributed by atoms with Crippen LogP contribution in [0.15, 0.2) is 24.3 Å². The molecule has 1 amide bonds. The molecule has 0 spiro atoms. The van der Waals surface area contributed by atoms with Crippen LogP contribution in [0.3, 0.4) is 0 Å². The highest BCUT2D eigenvalue weighted by Gasteiger charge is 2.50. The number of rotatable bonds is 4. The first-order valence-electron chi connectivity index (χ1n) is 8.27. The maximum Gasteiger partial charge on any atom is 0.233 e. The monoisotopic (exact) mass is 336 g/mol. The number of halogens is 1. The van der Waals surface area contributed by atoms with Crippen LogP contribution in [0.5, 0.6) is 0 Å². The minimum absolute atomic E-state index is 0.167. The number of likely N-dealkylation sites (N-methyl/N-ethyl adjacent to an activating group) is 1. The van der Waals surface area contributed by atoms with Crippen molar-refractivity contribution in [2.24, 2.45) is 0 Å². The standard InChI is InChI=1S/C18H25ClN2O2/c1-20(2)12-17(23)10-11-21(13-17)16(22)18(8-3-9-18)14-4-6-15(19)7-5-14/h4-7,23H,3,8-13H2,1-2H3/t17-/m1/s1. The summed E-state index contributed by atoms with van der Waals surface area (Å²) < 4.78 is 0. The van der Waals surface area contributed by atoms with Gasteiger partial charge in [-0.3, -0.25) is 4.79 Å². The molecule has 0 radical (unpaired) electrons. The van der Waals surface area contributed by atoms with Crippen LogP contribution in [-0.4, -0.2) is 60.1 Å². The second-order valence-electron chi connectivity index (χ2n) is 7.38. The summed E-state index contributed by atoms with van der Waals surface area (Å²) in [5.41, 5.74) is -0.140. The van der Waals surface area contributed by atoms with E-state index in [0.717, 1.165) is 24.8 Å². The van der Waals surface area contributed by atoms with E-state index in [9.17, 15) is 9.90 Å². The Kier molecular flexibility index (Phi) is 4.43. The third-order valence-corrected chi connectivity index (χ3v) is 5.50. The van der Waals surface area contributed by atoms with Crippen LogP contribution in [0.1, 0.15) is 31.2 Å². The molecule has 126 valence electrons. The fraction of sp³-hybridized carbons (Fsp3) is 0.611. The van der Waals surface area contributed by atoms with Gasteiger partial charge in [0, 0.05) is 18.1 Å². The van der Waals surface area contributed by atoms with E-state index in [1.807, 2.05) is 48.2 Å². The zero-order valence-electron chi connectivity index (χ0n) is 13.9. The average Bonchev–Trinajstić information content (AvgIpc) is 2.80. The van der Waals surface area contributed by atoms with Crippen LogP contribution < -0.4 is 0 Å². The minimum Gasteiger partial charge on any atom is -0.387 e. The lowest BCUT2D eigenvalue weighted by Crippen LogP contribution is -2.52. The van der Waals surface area contributed by atoms with Crippen LogP contribution in [0.25, 0.3) is 0 Å². The van der Waals surface area contributed by atoms with Crippen molar-refractivity contribution in [3.8, 4) is 0 Å². The lowest BCUT2D eigenvalue weighted by molar-refractivity contribution is -0.141. The number of hydrogen-bond acceptors (Lipinski definition) is 3. The van der Waals surface area contributed by atoms with Gasteiger partial charge in [-0.05, 0) is 51.1 Å². The van der Waals surface area contributed by atoms with Crippen molar-refractivity contribution in [2.75, 3.05) is 33.7 Å². The van der Waals surface area contributed by atoms with Gasteiger partial charge < -0.3 is 14.9 Å². The lowest BCUT2D eigenvalue weighted by atomic mass is 9.63. The largest absolute Gasteiger partial charge is 0.387 e. The molecule has 1 heterocycles. The fourth-order valence-corrected chi connectivity index (χ4v) is 4.10. The first-order valence-corrected chi connectivity index (χ1v) is 8.65. The predicted octanol–water partition coefficient (Wildman–Crippen LogP) is 2.29. The summed E-state index contributed by atoms with van der Waals surface area (Å²) in [4.78, 5) is 17.0. The number of benzene rings is 1. The molecule has 1 N–H and O–H groups in total. The third-order valence-electron chi connectivity index (χ3n) is 5.24. The highest BCUT2D eigenvalue weighted by molar-refractivity contribution is 6.30. The average molecular weight is 337 g/mol. The zero-order chi connectivity index (χ0) is 16.7. The Morgan fingerprint density at radius 3 is 2.43 bits per heavy atom. The summed E-state index contributed by atoms with van der Waals surface area (Å²) in [6.07, 6.45) is 3.49. The van der Waals surface area contributed by atoms with Gasteiger partial charge in [-0.1, -0.05) is 30.2 Å². The molecular formula is C18H25ClN2O2. The Labute approximate surface area is 143 Å². The topological polar surface area (TPSA) is 43.8 Å². The Hall–Kier alpha value is -1.10. The highest BCUT2D eigenvalue weighted by Crippen LogP contribution is 2.46. The van der Waals surface area contributed by atoms with Crippen LogP contribution in [0.2, 0.25) is 5.02 Å². The summed E-state index contributed by atoms with van der Waals surface area (Å²) >= 11 is 5.98. The molecule has 0 unspecified atom stereocenters. The molecule has 1 saturated heterocycles. The van der Waals surface area contributed by atoms with E-state index in [4.69, 9.17) is 11.6 Å². The van der Waals surface area contributed by atoms with E-state index >= 15 is 0 Å². The Morgan fingerprint density at radius 2 is 1.91 bits per heavy atom. The van der Waals surface area contributed by atoms with E-state index in [-0.39, 0.29) is 5.91 Å². The maximum absolute atomic E-state index is 13.2. The molecule has 1 aromatic rings. The van der Waals surface area contributed by atoms with Crippen molar-refractivity contribution in [2.45, 2.75) is 36.7 Å². The highest BCUT2D eigenvalue weighted by atomic mass is 35.5. The first-order chi connectivity index (χ1) is 10.8. The number of aliphatic hydroxyl groups is 1. The third kappa shape index (κ3) is 3.12. The van der Waals surface area contributed by atoms with Crippen LogP contribution in [0, 0.1) is 0 Å². The smallest absolute Gasteiger partial charge is 0.233 e. The Bertz CT molecular complexity index is 583. The van der Waals surface area contributed by atoms with Crippen molar-refractivity contribution in [1.82, 2.24) is 9.80 Å². The van der Waals surface area contributed by atoms with Gasteiger partial charge in [0.15, 0.2) is 0 Å². The molecule has 2 fully saturated rings. The molecule has 23 heavy (non-hydrogen) atoms. The molecule has 1 aliphatic heterocycles.